The Morgan fingerprint density at radius 2 is 1.76 bits per heavy atom. The zero-order chi connectivity index (χ0) is 17.8. The highest BCUT2D eigenvalue weighted by molar-refractivity contribution is 5.92. The first kappa shape index (κ1) is 17.2. The normalized spacial score (nSPS) is 18.4. The highest BCUT2D eigenvalue weighted by Gasteiger charge is 2.30. The molecule has 1 aromatic rings. The number of hydrogen-bond acceptors (Lipinski definition) is 4. The predicted octanol–water partition coefficient (Wildman–Crippen LogP) is 0.834. The quantitative estimate of drug-likeness (QED) is 0.837. The molecule has 2 N–H and O–H groups in total. The van der Waals surface area contributed by atoms with E-state index >= 15 is 0 Å². The molecule has 9 heteroatoms. The van der Waals surface area contributed by atoms with Gasteiger partial charge in [0.25, 0.3) is 0 Å². The molecule has 9 nitrogen and oxygen atoms in total. The van der Waals surface area contributed by atoms with Gasteiger partial charge < -0.3 is 20.2 Å². The van der Waals surface area contributed by atoms with Gasteiger partial charge in [-0.15, -0.1) is 0 Å². The van der Waals surface area contributed by atoms with E-state index in [-0.39, 0.29) is 24.4 Å². The van der Waals surface area contributed by atoms with E-state index in [9.17, 15) is 14.4 Å². The first-order valence-corrected chi connectivity index (χ1v) is 8.62. The molecule has 0 unspecified atom stereocenters. The van der Waals surface area contributed by atoms with Crippen molar-refractivity contribution in [3.8, 4) is 0 Å². The highest BCUT2D eigenvalue weighted by atomic mass is 16.4. The highest BCUT2D eigenvalue weighted by Crippen LogP contribution is 2.21. The van der Waals surface area contributed by atoms with Crippen LogP contribution in [0.3, 0.4) is 0 Å². The molecule has 0 saturated carbocycles. The van der Waals surface area contributed by atoms with Crippen LogP contribution in [0, 0.1) is 5.92 Å². The van der Waals surface area contributed by atoms with E-state index in [0.717, 1.165) is 25.9 Å². The van der Waals surface area contributed by atoms with Crippen molar-refractivity contribution in [1.82, 2.24) is 19.6 Å². The van der Waals surface area contributed by atoms with Gasteiger partial charge in [0.15, 0.2) is 0 Å². The van der Waals surface area contributed by atoms with Crippen LogP contribution < -0.4 is 5.32 Å². The summed E-state index contributed by atoms with van der Waals surface area (Å²) < 4.78 is 1.26. The summed E-state index contributed by atoms with van der Waals surface area (Å²) in [6, 6.07) is 0.0892. The second-order valence-corrected chi connectivity index (χ2v) is 6.55. The van der Waals surface area contributed by atoms with E-state index in [2.05, 4.69) is 10.4 Å². The third-order valence-corrected chi connectivity index (χ3v) is 4.71. The van der Waals surface area contributed by atoms with Crippen molar-refractivity contribution in [1.29, 1.82) is 0 Å². The van der Waals surface area contributed by atoms with Crippen molar-refractivity contribution in [2.24, 2.45) is 5.92 Å². The number of carbonyl (C=O) groups excluding carboxylic acids is 2. The van der Waals surface area contributed by atoms with Crippen LogP contribution >= 0.6 is 0 Å². The molecule has 136 valence electrons. The number of rotatable bonds is 4. The van der Waals surface area contributed by atoms with Crippen molar-refractivity contribution in [2.75, 3.05) is 31.5 Å². The number of amides is 3. The van der Waals surface area contributed by atoms with Crippen LogP contribution in [0.5, 0.6) is 0 Å². The van der Waals surface area contributed by atoms with Crippen LogP contribution in [0.15, 0.2) is 12.4 Å². The van der Waals surface area contributed by atoms with E-state index in [4.69, 9.17) is 5.11 Å². The SMILES string of the molecule is O=C(O)Cn1cc(NC(=O)C2CCN(C(=O)N3CCCC3)CC2)cn1. The number of aromatic nitrogens is 2. The number of hydrogen-bond donors (Lipinski definition) is 2. The van der Waals surface area contributed by atoms with Crippen LogP contribution in [-0.2, 0) is 16.1 Å². The number of aliphatic carboxylic acids is 1. The molecule has 0 aliphatic carbocycles. The largest absolute Gasteiger partial charge is 0.480 e. The maximum atomic E-state index is 12.4. The lowest BCUT2D eigenvalue weighted by Gasteiger charge is -2.33. The Hall–Kier alpha value is -2.58. The second kappa shape index (κ2) is 7.54. The van der Waals surface area contributed by atoms with Gasteiger partial charge in [0.2, 0.25) is 5.91 Å². The molecule has 2 fully saturated rings. The van der Waals surface area contributed by atoms with Crippen molar-refractivity contribution >= 4 is 23.6 Å². The smallest absolute Gasteiger partial charge is 0.325 e. The standard InChI is InChI=1S/C16H23N5O4/c22-14(23)11-21-10-13(9-17-21)18-15(24)12-3-7-20(8-4-12)16(25)19-5-1-2-6-19/h9-10,12H,1-8,11H2,(H,18,24)(H,22,23). The van der Waals surface area contributed by atoms with Gasteiger partial charge in [-0.05, 0) is 25.7 Å². The van der Waals surface area contributed by atoms with Crippen LogP contribution in [0.1, 0.15) is 25.7 Å². The van der Waals surface area contributed by atoms with Crippen LogP contribution in [0.2, 0.25) is 0 Å². The molecular weight excluding hydrogens is 326 g/mol. The number of urea groups is 1. The summed E-state index contributed by atoms with van der Waals surface area (Å²) in [5.41, 5.74) is 0.488. The Labute approximate surface area is 145 Å². The molecule has 2 aliphatic rings. The first-order valence-electron chi connectivity index (χ1n) is 8.62. The summed E-state index contributed by atoms with van der Waals surface area (Å²) in [5, 5.41) is 15.4. The van der Waals surface area contributed by atoms with E-state index in [1.807, 2.05) is 9.80 Å². The molecule has 2 aliphatic heterocycles. The monoisotopic (exact) mass is 349 g/mol. The Morgan fingerprint density at radius 3 is 2.40 bits per heavy atom. The topological polar surface area (TPSA) is 108 Å². The van der Waals surface area contributed by atoms with Crippen LogP contribution in [0.25, 0.3) is 0 Å². The zero-order valence-electron chi connectivity index (χ0n) is 14.1. The fraction of sp³-hybridized carbons (Fsp3) is 0.625. The summed E-state index contributed by atoms with van der Waals surface area (Å²) >= 11 is 0. The Balaban J connectivity index is 1.47. The summed E-state index contributed by atoms with van der Waals surface area (Å²) in [7, 11) is 0. The number of piperidine rings is 1. The lowest BCUT2D eigenvalue weighted by molar-refractivity contribution is -0.137. The number of carbonyl (C=O) groups is 3. The molecule has 0 bridgehead atoms. The van der Waals surface area contributed by atoms with E-state index in [1.54, 1.807) is 0 Å². The van der Waals surface area contributed by atoms with Gasteiger partial charge in [0.05, 0.1) is 11.9 Å². The van der Waals surface area contributed by atoms with Gasteiger partial charge in [-0.2, -0.15) is 5.10 Å². The fourth-order valence-corrected chi connectivity index (χ4v) is 3.34. The van der Waals surface area contributed by atoms with Crippen LogP contribution in [-0.4, -0.2) is 68.8 Å². The lowest BCUT2D eigenvalue weighted by atomic mass is 9.96. The molecule has 1 aromatic heterocycles. The second-order valence-electron chi connectivity index (χ2n) is 6.55. The average Bonchev–Trinajstić information content (AvgIpc) is 3.26. The third kappa shape index (κ3) is 4.28. The predicted molar refractivity (Wildman–Crippen MR) is 89.0 cm³/mol. The molecular formula is C16H23N5O4. The Morgan fingerprint density at radius 1 is 1.12 bits per heavy atom. The molecule has 0 aromatic carbocycles. The average molecular weight is 349 g/mol. The van der Waals surface area contributed by atoms with E-state index in [1.165, 1.54) is 17.1 Å². The summed E-state index contributed by atoms with van der Waals surface area (Å²) in [5.74, 6) is -1.25. The summed E-state index contributed by atoms with van der Waals surface area (Å²) in [4.78, 5) is 39.1. The zero-order valence-corrected chi connectivity index (χ0v) is 14.1. The van der Waals surface area contributed by atoms with E-state index < -0.39 is 5.97 Å². The minimum atomic E-state index is -0.990. The molecule has 25 heavy (non-hydrogen) atoms. The van der Waals surface area contributed by atoms with Crippen molar-refractivity contribution in [2.45, 2.75) is 32.2 Å². The summed E-state index contributed by atoms with van der Waals surface area (Å²) in [6.45, 7) is 2.60. The minimum absolute atomic E-state index is 0.0892. The van der Waals surface area contributed by atoms with Gasteiger partial charge in [-0.1, -0.05) is 0 Å². The van der Waals surface area contributed by atoms with Gasteiger partial charge in [-0.3, -0.25) is 14.3 Å². The van der Waals surface area contributed by atoms with Gasteiger partial charge in [-0.25, -0.2) is 4.79 Å². The molecule has 0 atom stereocenters. The molecule has 2 saturated heterocycles. The van der Waals surface area contributed by atoms with Gasteiger partial charge in [0.1, 0.15) is 6.54 Å². The number of likely N-dealkylation sites (tertiary alicyclic amines) is 2. The van der Waals surface area contributed by atoms with Gasteiger partial charge >= 0.3 is 12.0 Å². The number of carboxylic acid groups (broad SMARTS) is 1. The molecule has 3 heterocycles. The maximum absolute atomic E-state index is 12.4. The number of nitrogens with one attached hydrogen (secondary N) is 1. The Bertz CT molecular complexity index is 645. The van der Waals surface area contributed by atoms with Crippen molar-refractivity contribution < 1.29 is 19.5 Å². The fourth-order valence-electron chi connectivity index (χ4n) is 3.34. The van der Waals surface area contributed by atoms with Crippen molar-refractivity contribution in [3.05, 3.63) is 12.4 Å². The summed E-state index contributed by atoms with van der Waals surface area (Å²) in [6.07, 6.45) is 6.34. The molecule has 3 rings (SSSR count). The first-order chi connectivity index (χ1) is 12.0. The van der Waals surface area contributed by atoms with E-state index in [0.29, 0.717) is 31.6 Å². The minimum Gasteiger partial charge on any atom is -0.480 e. The molecule has 0 spiro atoms. The molecule has 3 amide bonds. The molecule has 0 radical (unpaired) electrons. The maximum Gasteiger partial charge on any atom is 0.325 e. The van der Waals surface area contributed by atoms with Crippen molar-refractivity contribution in [3.63, 3.8) is 0 Å². The number of anilines is 1. The third-order valence-electron chi connectivity index (χ3n) is 4.71. The lowest BCUT2D eigenvalue weighted by Crippen LogP contribution is -2.47. The number of nitrogens with zero attached hydrogens (tertiary/aromatic N) is 4. The van der Waals surface area contributed by atoms with Gasteiger partial charge in [0, 0.05) is 38.3 Å². The number of carboxylic acids is 1. The Kier molecular flexibility index (Phi) is 5.20. The van der Waals surface area contributed by atoms with Crippen LogP contribution in [0.4, 0.5) is 10.5 Å².